The molecule has 4 fully saturated rings. The molecular weight excluding hydrogens is 584 g/mol. The number of rotatable bonds is 0. The lowest BCUT2D eigenvalue weighted by molar-refractivity contribution is -0.138. The van der Waals surface area contributed by atoms with E-state index in [-0.39, 0.29) is 21.7 Å². The number of halogens is 2. The monoisotopic (exact) mass is 632 g/mol. The van der Waals surface area contributed by atoms with Crippen LogP contribution in [0.1, 0.15) is 106 Å². The highest BCUT2D eigenvalue weighted by molar-refractivity contribution is 9.09. The summed E-state index contributed by atoms with van der Waals surface area (Å²) in [6.45, 7) is 21.1. The zero-order valence-corrected chi connectivity index (χ0v) is 26.5. The average Bonchev–Trinajstić information content (AvgIpc) is 2.77. The number of alkyl halides is 2. The lowest BCUT2D eigenvalue weighted by Gasteiger charge is -2.59. The highest BCUT2D eigenvalue weighted by Gasteiger charge is 2.58. The molecule has 0 aliphatic heterocycles. The third-order valence-electron chi connectivity index (χ3n) is 11.4. The molecule has 36 heavy (non-hydrogen) atoms. The van der Waals surface area contributed by atoms with Gasteiger partial charge in [0.1, 0.15) is 0 Å². The molecule has 0 aromatic carbocycles. The fourth-order valence-electron chi connectivity index (χ4n) is 7.70. The normalized spacial score (nSPS) is 48.4. The van der Waals surface area contributed by atoms with Crippen LogP contribution in [0.2, 0.25) is 0 Å². The van der Waals surface area contributed by atoms with E-state index in [0.29, 0.717) is 35.3 Å². The van der Waals surface area contributed by atoms with E-state index in [0.717, 1.165) is 38.5 Å². The number of aliphatic hydroxyl groups excluding tert-OH is 2. The summed E-state index contributed by atoms with van der Waals surface area (Å²) in [6, 6.07) is 0. The molecule has 2 spiro atoms. The molecule has 0 radical (unpaired) electrons. The van der Waals surface area contributed by atoms with Crippen molar-refractivity contribution in [3.8, 4) is 0 Å². The Labute approximate surface area is 236 Å². The Kier molecular flexibility index (Phi) is 8.59. The number of hydrogen-bond donors (Lipinski definition) is 4. The summed E-state index contributed by atoms with van der Waals surface area (Å²) in [5.41, 5.74) is 0.694. The standard InChI is InChI=1S/2C15H25BrO2/c2*1-10-5-6-11(16)13(2,3)15(10)8-7-14(4,18)12(17)9-15/h2*11-12,17-18H,1,5-9H2,2-4H3/t2*11-,12+,14-,15+/m10/s1. The van der Waals surface area contributed by atoms with Crippen LogP contribution >= 0.6 is 31.9 Å². The molecule has 208 valence electrons. The first kappa shape index (κ1) is 30.8. The first-order valence-electron chi connectivity index (χ1n) is 13.7. The van der Waals surface area contributed by atoms with Gasteiger partial charge in [-0.25, -0.2) is 0 Å². The Morgan fingerprint density at radius 3 is 1.22 bits per heavy atom. The van der Waals surface area contributed by atoms with Crippen LogP contribution in [0.25, 0.3) is 0 Å². The van der Waals surface area contributed by atoms with Crippen LogP contribution in [0.4, 0.5) is 0 Å². The second-order valence-electron chi connectivity index (χ2n) is 14.0. The van der Waals surface area contributed by atoms with Crippen LogP contribution in [0.15, 0.2) is 24.3 Å². The highest BCUT2D eigenvalue weighted by Crippen LogP contribution is 2.63. The Hall–Kier alpha value is 0.280. The molecule has 0 saturated heterocycles. The molecule has 0 unspecified atom stereocenters. The number of hydrogen-bond acceptors (Lipinski definition) is 4. The predicted octanol–water partition coefficient (Wildman–Crippen LogP) is 6.82. The van der Waals surface area contributed by atoms with Crippen molar-refractivity contribution in [1.29, 1.82) is 0 Å². The first-order chi connectivity index (χ1) is 16.3. The maximum Gasteiger partial charge on any atom is 0.0878 e. The molecule has 6 heteroatoms. The van der Waals surface area contributed by atoms with E-state index in [1.165, 1.54) is 11.1 Å². The molecule has 4 aliphatic carbocycles. The summed E-state index contributed by atoms with van der Waals surface area (Å²) in [7, 11) is 0. The molecule has 0 aromatic heterocycles. The smallest absolute Gasteiger partial charge is 0.0878 e. The Bertz CT molecular complexity index is 793. The second-order valence-corrected chi connectivity index (χ2v) is 16.2. The maximum absolute atomic E-state index is 10.3. The van der Waals surface area contributed by atoms with Gasteiger partial charge in [0.05, 0.1) is 23.4 Å². The van der Waals surface area contributed by atoms with Crippen LogP contribution in [0, 0.1) is 21.7 Å². The van der Waals surface area contributed by atoms with Crippen molar-refractivity contribution in [2.75, 3.05) is 0 Å². The van der Waals surface area contributed by atoms with Gasteiger partial charge in [-0.1, -0.05) is 83.9 Å². The minimum absolute atomic E-state index is 0.0406. The van der Waals surface area contributed by atoms with E-state index in [1.807, 2.05) is 0 Å². The van der Waals surface area contributed by atoms with Crippen molar-refractivity contribution < 1.29 is 20.4 Å². The van der Waals surface area contributed by atoms with Gasteiger partial charge in [-0.05, 0) is 99.7 Å². The Morgan fingerprint density at radius 1 is 0.639 bits per heavy atom. The minimum Gasteiger partial charge on any atom is -0.390 e. The molecule has 0 heterocycles. The minimum atomic E-state index is -0.944. The van der Waals surface area contributed by atoms with Crippen molar-refractivity contribution >= 4 is 31.9 Å². The Morgan fingerprint density at radius 2 is 0.944 bits per heavy atom. The Balaban J connectivity index is 0.000000201. The molecule has 4 rings (SSSR count). The van der Waals surface area contributed by atoms with Gasteiger partial charge >= 0.3 is 0 Å². The predicted molar refractivity (Wildman–Crippen MR) is 156 cm³/mol. The SMILES string of the molecule is C=C1CC[C@@H](Br)C(C)(C)[C@]12CC[C@@](C)(O)[C@@H](O)C2.C=C1CC[C@H](Br)C(C)(C)[C@@]12CC[C@](C)(O)[C@H](O)C2. The van der Waals surface area contributed by atoms with Crippen molar-refractivity contribution in [1.82, 2.24) is 0 Å². The highest BCUT2D eigenvalue weighted by atomic mass is 79.9. The number of aliphatic hydroxyl groups is 4. The summed E-state index contributed by atoms with van der Waals surface area (Å²) >= 11 is 7.62. The molecule has 4 saturated carbocycles. The van der Waals surface area contributed by atoms with Crippen LogP contribution in [-0.2, 0) is 0 Å². The van der Waals surface area contributed by atoms with Gasteiger partial charge < -0.3 is 20.4 Å². The van der Waals surface area contributed by atoms with E-state index in [1.54, 1.807) is 13.8 Å². The van der Waals surface area contributed by atoms with E-state index < -0.39 is 23.4 Å². The lowest BCUT2D eigenvalue weighted by atomic mass is 9.49. The van der Waals surface area contributed by atoms with Gasteiger partial charge in [-0.15, -0.1) is 0 Å². The summed E-state index contributed by atoms with van der Waals surface area (Å²) < 4.78 is 0. The molecule has 0 bridgehead atoms. The molecule has 4 aliphatic rings. The van der Waals surface area contributed by atoms with Gasteiger partial charge in [0.15, 0.2) is 0 Å². The summed E-state index contributed by atoms with van der Waals surface area (Å²) in [5, 5.41) is 40.9. The summed E-state index contributed by atoms with van der Waals surface area (Å²) in [5.74, 6) is 0. The maximum atomic E-state index is 10.3. The fraction of sp³-hybridized carbons (Fsp3) is 0.867. The van der Waals surface area contributed by atoms with Crippen molar-refractivity contribution in [3.05, 3.63) is 24.3 Å². The molecule has 4 nitrogen and oxygen atoms in total. The molecular formula is C30H50Br2O4. The van der Waals surface area contributed by atoms with E-state index in [4.69, 9.17) is 0 Å². The van der Waals surface area contributed by atoms with Gasteiger partial charge in [-0.2, -0.15) is 0 Å². The van der Waals surface area contributed by atoms with E-state index >= 15 is 0 Å². The fourth-order valence-corrected chi connectivity index (χ4v) is 9.03. The average molecular weight is 635 g/mol. The van der Waals surface area contributed by atoms with Crippen LogP contribution < -0.4 is 0 Å². The van der Waals surface area contributed by atoms with E-state index in [9.17, 15) is 20.4 Å². The van der Waals surface area contributed by atoms with Crippen molar-refractivity contribution in [2.24, 2.45) is 21.7 Å². The van der Waals surface area contributed by atoms with Crippen molar-refractivity contribution in [3.63, 3.8) is 0 Å². The lowest BCUT2D eigenvalue weighted by Crippen LogP contribution is -2.57. The zero-order chi connectivity index (χ0) is 27.5. The first-order valence-corrected chi connectivity index (χ1v) is 15.6. The molecule has 4 N–H and O–H groups in total. The summed E-state index contributed by atoms with van der Waals surface area (Å²) in [4.78, 5) is 0.900. The van der Waals surface area contributed by atoms with Crippen molar-refractivity contribution in [2.45, 2.75) is 139 Å². The second kappa shape index (κ2) is 10.0. The van der Waals surface area contributed by atoms with Crippen LogP contribution in [0.5, 0.6) is 0 Å². The molecule has 8 atom stereocenters. The van der Waals surface area contributed by atoms with Crippen LogP contribution in [-0.4, -0.2) is 53.5 Å². The van der Waals surface area contributed by atoms with Gasteiger partial charge in [0, 0.05) is 9.65 Å². The quantitative estimate of drug-likeness (QED) is 0.174. The largest absolute Gasteiger partial charge is 0.390 e. The van der Waals surface area contributed by atoms with Crippen LogP contribution in [0.3, 0.4) is 0 Å². The zero-order valence-electron chi connectivity index (χ0n) is 23.3. The van der Waals surface area contributed by atoms with Gasteiger partial charge in [0.25, 0.3) is 0 Å². The van der Waals surface area contributed by atoms with E-state index in [2.05, 4.69) is 72.7 Å². The third kappa shape index (κ3) is 4.87. The number of allylic oxidation sites excluding steroid dienone is 2. The summed E-state index contributed by atoms with van der Waals surface area (Å²) in [6.07, 6.45) is 7.37. The molecule has 0 amide bonds. The van der Waals surface area contributed by atoms with Gasteiger partial charge in [-0.3, -0.25) is 0 Å². The molecule has 0 aromatic rings. The third-order valence-corrected chi connectivity index (χ3v) is 14.6. The topological polar surface area (TPSA) is 80.9 Å². The van der Waals surface area contributed by atoms with Gasteiger partial charge in [0.2, 0.25) is 0 Å².